The van der Waals surface area contributed by atoms with E-state index in [0.29, 0.717) is 23.7 Å². The zero-order valence-electron chi connectivity index (χ0n) is 24.7. The normalized spacial score (nSPS) is 23.9. The Kier molecular flexibility index (Phi) is 8.95. The number of carbonyl (C=O) groups is 5. The SMILES string of the molecule is CC(C)(C)OC(=O)COCCN1CC[C@@H](CN2CCN(c3ccc4c(c3)C(=O)N(C3CCC(=O)NC3=O)C4=O)CC2)C1. The molecule has 4 heterocycles. The first-order chi connectivity index (χ1) is 20.0. The minimum Gasteiger partial charge on any atom is -0.458 e. The van der Waals surface area contributed by atoms with Gasteiger partial charge in [-0.05, 0) is 64.3 Å². The summed E-state index contributed by atoms with van der Waals surface area (Å²) in [6, 6.07) is 4.34. The van der Waals surface area contributed by atoms with E-state index in [-0.39, 0.29) is 31.3 Å². The largest absolute Gasteiger partial charge is 0.458 e. The first-order valence-corrected chi connectivity index (χ1v) is 14.8. The van der Waals surface area contributed by atoms with Crippen LogP contribution in [-0.2, 0) is 23.9 Å². The molecule has 4 amide bonds. The summed E-state index contributed by atoms with van der Waals surface area (Å²) in [4.78, 5) is 69.9. The lowest BCUT2D eigenvalue weighted by Crippen LogP contribution is -2.54. The van der Waals surface area contributed by atoms with Crippen LogP contribution in [0.15, 0.2) is 18.2 Å². The topological polar surface area (TPSA) is 129 Å². The van der Waals surface area contributed by atoms with Gasteiger partial charge in [-0.3, -0.25) is 34.3 Å². The second kappa shape index (κ2) is 12.5. The van der Waals surface area contributed by atoms with Gasteiger partial charge in [-0.25, -0.2) is 4.79 Å². The molecule has 0 radical (unpaired) electrons. The Labute approximate surface area is 246 Å². The van der Waals surface area contributed by atoms with E-state index in [1.54, 1.807) is 12.1 Å². The van der Waals surface area contributed by atoms with Crippen molar-refractivity contribution in [2.24, 2.45) is 5.92 Å². The summed E-state index contributed by atoms with van der Waals surface area (Å²) in [6.45, 7) is 13.3. The van der Waals surface area contributed by atoms with Crippen LogP contribution in [0.2, 0.25) is 0 Å². The van der Waals surface area contributed by atoms with Crippen molar-refractivity contribution >= 4 is 35.3 Å². The zero-order valence-corrected chi connectivity index (χ0v) is 24.7. The lowest BCUT2D eigenvalue weighted by Gasteiger charge is -2.37. The number of rotatable bonds is 9. The van der Waals surface area contributed by atoms with Gasteiger partial charge < -0.3 is 19.3 Å². The van der Waals surface area contributed by atoms with Crippen LogP contribution in [0.3, 0.4) is 0 Å². The highest BCUT2D eigenvalue weighted by atomic mass is 16.6. The van der Waals surface area contributed by atoms with Gasteiger partial charge in [0.25, 0.3) is 11.8 Å². The fourth-order valence-corrected chi connectivity index (χ4v) is 6.19. The zero-order chi connectivity index (χ0) is 30.0. The standard InChI is InChI=1S/C30H41N5O7/c1-30(2,3)42-26(37)19-41-15-14-32-9-8-20(17-32)18-33-10-12-34(13-11-33)21-4-5-22-23(16-21)29(40)35(28(22)39)24-6-7-25(36)31-27(24)38/h4-5,16,20,24H,6-15,17-19H2,1-3H3,(H,31,36,38)/t20-,24?/m1/s1. The number of piperidine rings is 1. The minimum absolute atomic E-state index is 0.0222. The number of esters is 1. The molecule has 3 saturated heterocycles. The van der Waals surface area contributed by atoms with E-state index in [1.807, 2.05) is 26.8 Å². The number of amides is 4. The summed E-state index contributed by atoms with van der Waals surface area (Å²) in [5.41, 5.74) is 0.993. The number of fused-ring (bicyclic) bond motifs is 1. The molecule has 5 rings (SSSR count). The first kappa shape index (κ1) is 30.1. The van der Waals surface area contributed by atoms with Crippen LogP contribution in [0.1, 0.15) is 60.7 Å². The highest BCUT2D eigenvalue weighted by Crippen LogP contribution is 2.31. The van der Waals surface area contributed by atoms with E-state index in [4.69, 9.17) is 9.47 Å². The first-order valence-electron chi connectivity index (χ1n) is 14.8. The lowest BCUT2D eigenvalue weighted by atomic mass is 10.0. The van der Waals surface area contributed by atoms with Gasteiger partial charge in [0.15, 0.2) is 0 Å². The van der Waals surface area contributed by atoms with Crippen molar-refractivity contribution in [2.75, 3.05) is 70.5 Å². The number of hydrogen-bond donors (Lipinski definition) is 1. The average molecular weight is 584 g/mol. The molecular weight excluding hydrogens is 542 g/mol. The Morgan fingerprint density at radius 1 is 0.952 bits per heavy atom. The third-order valence-electron chi connectivity index (χ3n) is 8.24. The molecule has 1 unspecified atom stereocenters. The molecule has 0 saturated carbocycles. The molecule has 42 heavy (non-hydrogen) atoms. The Bertz CT molecular complexity index is 1240. The van der Waals surface area contributed by atoms with Crippen molar-refractivity contribution in [1.82, 2.24) is 20.0 Å². The number of benzene rings is 1. The molecule has 4 aliphatic heterocycles. The second-order valence-electron chi connectivity index (χ2n) is 12.6. The summed E-state index contributed by atoms with van der Waals surface area (Å²) in [5.74, 6) is -1.71. The molecule has 12 nitrogen and oxygen atoms in total. The maximum Gasteiger partial charge on any atom is 0.332 e. The monoisotopic (exact) mass is 583 g/mol. The molecule has 1 N–H and O–H groups in total. The van der Waals surface area contributed by atoms with E-state index in [2.05, 4.69) is 20.0 Å². The summed E-state index contributed by atoms with van der Waals surface area (Å²) in [6.07, 6.45) is 1.38. The van der Waals surface area contributed by atoms with Crippen LogP contribution < -0.4 is 10.2 Å². The summed E-state index contributed by atoms with van der Waals surface area (Å²) in [7, 11) is 0. The van der Waals surface area contributed by atoms with Crippen LogP contribution >= 0.6 is 0 Å². The highest BCUT2D eigenvalue weighted by molar-refractivity contribution is 6.23. The van der Waals surface area contributed by atoms with Crippen molar-refractivity contribution in [3.8, 4) is 0 Å². The number of nitrogens with zero attached hydrogens (tertiary/aromatic N) is 4. The molecule has 228 valence electrons. The Morgan fingerprint density at radius 2 is 1.69 bits per heavy atom. The Morgan fingerprint density at radius 3 is 2.40 bits per heavy atom. The van der Waals surface area contributed by atoms with Crippen molar-refractivity contribution < 1.29 is 33.4 Å². The molecule has 0 aromatic heterocycles. The average Bonchev–Trinajstić information content (AvgIpc) is 3.47. The number of imide groups is 2. The van der Waals surface area contributed by atoms with Gasteiger partial charge in [-0.1, -0.05) is 0 Å². The third-order valence-corrected chi connectivity index (χ3v) is 8.24. The third kappa shape index (κ3) is 6.99. The van der Waals surface area contributed by atoms with Crippen molar-refractivity contribution in [2.45, 2.75) is 51.7 Å². The molecule has 1 aromatic carbocycles. The maximum absolute atomic E-state index is 13.2. The second-order valence-corrected chi connectivity index (χ2v) is 12.6. The number of nitrogens with one attached hydrogen (secondary N) is 1. The van der Waals surface area contributed by atoms with Crippen LogP contribution in [0, 0.1) is 5.92 Å². The van der Waals surface area contributed by atoms with Crippen molar-refractivity contribution in [1.29, 1.82) is 0 Å². The number of likely N-dealkylation sites (tertiary alicyclic amines) is 1. The van der Waals surface area contributed by atoms with E-state index in [9.17, 15) is 24.0 Å². The van der Waals surface area contributed by atoms with Crippen LogP contribution in [0.4, 0.5) is 5.69 Å². The molecule has 12 heteroatoms. The number of anilines is 1. The van der Waals surface area contributed by atoms with E-state index >= 15 is 0 Å². The van der Waals surface area contributed by atoms with Gasteiger partial charge in [0, 0.05) is 57.9 Å². The highest BCUT2D eigenvalue weighted by Gasteiger charge is 2.44. The lowest BCUT2D eigenvalue weighted by molar-refractivity contribution is -0.160. The number of carbonyl (C=O) groups excluding carboxylic acids is 5. The quantitative estimate of drug-likeness (QED) is 0.254. The maximum atomic E-state index is 13.2. The van der Waals surface area contributed by atoms with Crippen molar-refractivity contribution in [3.63, 3.8) is 0 Å². The van der Waals surface area contributed by atoms with Gasteiger partial charge in [0.1, 0.15) is 18.2 Å². The number of piperazine rings is 1. The molecule has 4 aliphatic rings. The van der Waals surface area contributed by atoms with Gasteiger partial charge in [0.2, 0.25) is 11.8 Å². The van der Waals surface area contributed by atoms with Gasteiger partial charge in [-0.2, -0.15) is 0 Å². The summed E-state index contributed by atoms with van der Waals surface area (Å²) in [5, 5.41) is 2.23. The summed E-state index contributed by atoms with van der Waals surface area (Å²) >= 11 is 0. The van der Waals surface area contributed by atoms with Gasteiger partial charge in [-0.15, -0.1) is 0 Å². The smallest absolute Gasteiger partial charge is 0.332 e. The fraction of sp³-hybridized carbons (Fsp3) is 0.633. The number of ether oxygens (including phenoxy) is 2. The van der Waals surface area contributed by atoms with E-state index in [0.717, 1.165) is 69.4 Å². The van der Waals surface area contributed by atoms with Gasteiger partial charge in [0.05, 0.1) is 17.7 Å². The Hall–Kier alpha value is -3.35. The van der Waals surface area contributed by atoms with Gasteiger partial charge >= 0.3 is 5.97 Å². The Balaban J connectivity index is 1.06. The molecule has 2 atom stereocenters. The molecule has 0 spiro atoms. The molecular formula is C30H41N5O7. The van der Waals surface area contributed by atoms with Crippen molar-refractivity contribution in [3.05, 3.63) is 29.3 Å². The molecule has 3 fully saturated rings. The number of hydrogen-bond acceptors (Lipinski definition) is 10. The van der Waals surface area contributed by atoms with Crippen LogP contribution in [0.5, 0.6) is 0 Å². The molecule has 0 aliphatic carbocycles. The van der Waals surface area contributed by atoms with E-state index in [1.165, 1.54) is 0 Å². The molecule has 1 aromatic rings. The summed E-state index contributed by atoms with van der Waals surface area (Å²) < 4.78 is 10.8. The predicted octanol–water partition coefficient (Wildman–Crippen LogP) is 0.890. The van der Waals surface area contributed by atoms with Crippen LogP contribution in [0.25, 0.3) is 0 Å². The molecule has 0 bridgehead atoms. The fourth-order valence-electron chi connectivity index (χ4n) is 6.19. The minimum atomic E-state index is -0.960. The predicted molar refractivity (Wildman–Crippen MR) is 153 cm³/mol. The van der Waals surface area contributed by atoms with E-state index < -0.39 is 29.4 Å². The van der Waals surface area contributed by atoms with Crippen LogP contribution in [-0.4, -0.2) is 122 Å².